The fourth-order valence-corrected chi connectivity index (χ4v) is 1.33. The lowest BCUT2D eigenvalue weighted by atomic mass is 10.2. The van der Waals surface area contributed by atoms with Gasteiger partial charge in [0.15, 0.2) is 8.46 Å². The summed E-state index contributed by atoms with van der Waals surface area (Å²) in [6.45, 7) is 2.18. The molecule has 0 aromatic rings. The Bertz CT molecular complexity index is 96.1. The Balaban J connectivity index is 3.14. The summed E-state index contributed by atoms with van der Waals surface area (Å²) in [4.78, 5) is 0. The highest BCUT2D eigenvalue weighted by Gasteiger charge is 2.04. The summed E-state index contributed by atoms with van der Waals surface area (Å²) >= 11 is 0. The van der Waals surface area contributed by atoms with E-state index in [1.165, 1.54) is 19.3 Å². The first kappa shape index (κ1) is 11.1. The molecule has 0 saturated heterocycles. The molecule has 0 aliphatic carbocycles. The molecule has 1 unspecified atom stereocenters. The smallest absolute Gasteiger partial charge is 0.187 e. The van der Waals surface area contributed by atoms with E-state index in [1.54, 1.807) is 7.11 Å². The molecular formula is C8H17O2P. The van der Waals surface area contributed by atoms with Gasteiger partial charge in [0.25, 0.3) is 0 Å². The summed E-state index contributed by atoms with van der Waals surface area (Å²) < 4.78 is 15.3. The Morgan fingerprint density at radius 2 is 2.09 bits per heavy atom. The molecule has 0 aliphatic heterocycles. The average Bonchev–Trinajstić information content (AvgIpc) is 2.05. The van der Waals surface area contributed by atoms with Crippen LogP contribution in [-0.2, 0) is 9.30 Å². The molecule has 0 N–H and O–H groups in total. The number of unbranched alkanes of at least 4 members (excludes halogenated alkanes) is 3. The molecule has 3 heteroatoms. The van der Waals surface area contributed by atoms with Gasteiger partial charge in [-0.1, -0.05) is 32.6 Å². The predicted molar refractivity (Wildman–Crippen MR) is 47.2 cm³/mol. The molecule has 0 saturated carbocycles. The number of ether oxygens (including phenoxy) is 1. The first-order chi connectivity index (χ1) is 5.35. The van der Waals surface area contributed by atoms with Crippen molar-refractivity contribution >= 4 is 8.46 Å². The molecule has 0 aromatic heterocycles. The summed E-state index contributed by atoms with van der Waals surface area (Å²) in [7, 11) is 1.73. The van der Waals surface area contributed by atoms with Gasteiger partial charge in [-0.3, -0.25) is 4.57 Å². The maximum Gasteiger partial charge on any atom is 0.187 e. The minimum atomic E-state index is -0.0770. The van der Waals surface area contributed by atoms with Crippen molar-refractivity contribution in [3.63, 3.8) is 0 Å². The van der Waals surface area contributed by atoms with Crippen LogP contribution in [0.3, 0.4) is 0 Å². The van der Waals surface area contributed by atoms with Crippen molar-refractivity contribution in [2.75, 3.05) is 7.11 Å². The second-order valence-electron chi connectivity index (χ2n) is 2.65. The van der Waals surface area contributed by atoms with E-state index in [4.69, 9.17) is 4.74 Å². The third-order valence-electron chi connectivity index (χ3n) is 1.69. The summed E-state index contributed by atoms with van der Waals surface area (Å²) in [5, 5.41) is 0. The van der Waals surface area contributed by atoms with Crippen LogP contribution in [0.1, 0.15) is 39.0 Å². The second kappa shape index (κ2) is 8.16. The normalized spacial score (nSPS) is 13.6. The van der Waals surface area contributed by atoms with Crippen LogP contribution in [0, 0.1) is 0 Å². The molecule has 0 aromatic carbocycles. The summed E-state index contributed by atoms with van der Waals surface area (Å²) in [5.41, 5.74) is 0. The molecule has 11 heavy (non-hydrogen) atoms. The molecule has 0 rings (SSSR count). The van der Waals surface area contributed by atoms with Crippen LogP contribution in [0.5, 0.6) is 0 Å². The molecule has 2 nitrogen and oxygen atoms in total. The first-order valence-electron chi connectivity index (χ1n) is 4.20. The fraction of sp³-hybridized carbons (Fsp3) is 1.00. The van der Waals surface area contributed by atoms with Crippen LogP contribution in [0.2, 0.25) is 0 Å². The topological polar surface area (TPSA) is 26.3 Å². The molecule has 0 fully saturated rings. The molecule has 0 radical (unpaired) electrons. The summed E-state index contributed by atoms with van der Waals surface area (Å²) in [6, 6.07) is 0. The maximum atomic E-state index is 10.4. The van der Waals surface area contributed by atoms with Crippen LogP contribution in [0.15, 0.2) is 0 Å². The zero-order valence-corrected chi connectivity index (χ0v) is 8.27. The van der Waals surface area contributed by atoms with Crippen molar-refractivity contribution in [3.05, 3.63) is 0 Å². The van der Waals surface area contributed by atoms with Crippen molar-refractivity contribution in [1.82, 2.24) is 0 Å². The second-order valence-corrected chi connectivity index (χ2v) is 3.43. The quantitative estimate of drug-likeness (QED) is 0.439. The van der Waals surface area contributed by atoms with Gasteiger partial charge in [0.05, 0.1) is 0 Å². The van der Waals surface area contributed by atoms with Crippen LogP contribution in [0.4, 0.5) is 0 Å². The predicted octanol–water partition coefficient (Wildman–Crippen LogP) is 3.22. The van der Waals surface area contributed by atoms with Crippen molar-refractivity contribution in [2.45, 2.75) is 44.9 Å². The van der Waals surface area contributed by atoms with Gasteiger partial charge in [-0.05, 0) is 6.42 Å². The number of hydrogen-bond donors (Lipinski definition) is 0. The third kappa shape index (κ3) is 6.46. The van der Waals surface area contributed by atoms with Crippen molar-refractivity contribution in [3.8, 4) is 0 Å². The number of hydrogen-bond acceptors (Lipinski definition) is 2. The molecule has 1 atom stereocenters. The Hall–Kier alpha value is 0.0600. The monoisotopic (exact) mass is 176 g/mol. The molecule has 66 valence electrons. The van der Waals surface area contributed by atoms with E-state index < -0.39 is 0 Å². The zero-order valence-electron chi connectivity index (χ0n) is 7.38. The lowest BCUT2D eigenvalue weighted by molar-refractivity contribution is 0.158. The van der Waals surface area contributed by atoms with Crippen LogP contribution >= 0.6 is 8.46 Å². The third-order valence-corrected chi connectivity index (χ3v) is 2.40. The Morgan fingerprint density at radius 1 is 1.36 bits per heavy atom. The highest BCUT2D eigenvalue weighted by atomic mass is 31.1. The molecule has 0 aliphatic rings. The number of rotatable bonds is 7. The fourth-order valence-electron chi connectivity index (χ4n) is 0.959. The molecule has 0 heterocycles. The van der Waals surface area contributed by atoms with E-state index in [2.05, 4.69) is 6.92 Å². The minimum Gasteiger partial charge on any atom is -0.369 e. The van der Waals surface area contributed by atoms with E-state index in [-0.39, 0.29) is 14.3 Å². The van der Waals surface area contributed by atoms with Crippen LogP contribution in [-0.4, -0.2) is 13.0 Å². The lowest BCUT2D eigenvalue weighted by Gasteiger charge is -2.05. The average molecular weight is 176 g/mol. The van der Waals surface area contributed by atoms with Gasteiger partial charge in [0.2, 0.25) is 0 Å². The lowest BCUT2D eigenvalue weighted by Crippen LogP contribution is -2.00. The first-order valence-corrected chi connectivity index (χ1v) is 5.08. The molecular weight excluding hydrogens is 159 g/mol. The van der Waals surface area contributed by atoms with E-state index in [0.29, 0.717) is 0 Å². The standard InChI is InChI=1S/C8H17O2P/c1-3-4-5-6-7-8(10-2)11-9/h8H,3-7H2,1-2H3. The van der Waals surface area contributed by atoms with E-state index in [0.717, 1.165) is 12.8 Å². The van der Waals surface area contributed by atoms with Gasteiger partial charge in [0, 0.05) is 7.11 Å². The van der Waals surface area contributed by atoms with E-state index in [1.807, 2.05) is 0 Å². The zero-order chi connectivity index (χ0) is 8.53. The summed E-state index contributed by atoms with van der Waals surface area (Å²) in [5.74, 6) is -0.0770. The molecule has 0 bridgehead atoms. The maximum absolute atomic E-state index is 10.4. The number of methoxy groups -OCH3 is 1. The van der Waals surface area contributed by atoms with Gasteiger partial charge in [-0.15, -0.1) is 0 Å². The summed E-state index contributed by atoms with van der Waals surface area (Å²) in [6.07, 6.45) is 5.79. The van der Waals surface area contributed by atoms with Crippen molar-refractivity contribution in [2.24, 2.45) is 0 Å². The Labute approximate surface area is 70.5 Å². The van der Waals surface area contributed by atoms with Gasteiger partial charge in [0.1, 0.15) is 5.85 Å². The van der Waals surface area contributed by atoms with Gasteiger partial charge >= 0.3 is 0 Å². The van der Waals surface area contributed by atoms with Crippen LogP contribution < -0.4 is 0 Å². The van der Waals surface area contributed by atoms with E-state index in [9.17, 15) is 4.57 Å². The Kier molecular flexibility index (Phi) is 8.20. The molecule has 0 spiro atoms. The van der Waals surface area contributed by atoms with E-state index >= 15 is 0 Å². The Morgan fingerprint density at radius 3 is 2.55 bits per heavy atom. The highest BCUT2D eigenvalue weighted by molar-refractivity contribution is 7.24. The van der Waals surface area contributed by atoms with Crippen molar-refractivity contribution < 1.29 is 9.30 Å². The minimum absolute atomic E-state index is 0.0770. The van der Waals surface area contributed by atoms with Crippen LogP contribution in [0.25, 0.3) is 0 Å². The van der Waals surface area contributed by atoms with Gasteiger partial charge in [-0.25, -0.2) is 0 Å². The molecule has 0 amide bonds. The van der Waals surface area contributed by atoms with Crippen molar-refractivity contribution in [1.29, 1.82) is 0 Å². The highest BCUT2D eigenvalue weighted by Crippen LogP contribution is 2.15. The van der Waals surface area contributed by atoms with Gasteiger partial charge in [-0.2, -0.15) is 0 Å². The SMILES string of the molecule is CCCCCCC(OC)P=O. The van der Waals surface area contributed by atoms with Gasteiger partial charge < -0.3 is 4.74 Å². The largest absolute Gasteiger partial charge is 0.369 e.